The topological polar surface area (TPSA) is 50.1 Å². The molecule has 0 bridgehead atoms. The lowest BCUT2D eigenvalue weighted by Crippen LogP contribution is -2.20. The first-order valence-corrected chi connectivity index (χ1v) is 6.08. The molecule has 1 unspecified atom stereocenters. The predicted octanol–water partition coefficient (Wildman–Crippen LogP) is 1.30. The standard InChI is InChI=1S/C11H15N3OS/c1-14-7-10(5-13-14)11(15)6-12-4-9-2-3-16-8-9/h2-3,5,7-8,11-12,15H,4,6H2,1H3. The lowest BCUT2D eigenvalue weighted by Gasteiger charge is -2.09. The average molecular weight is 237 g/mol. The van der Waals surface area contributed by atoms with Crippen molar-refractivity contribution in [1.82, 2.24) is 15.1 Å². The molecule has 2 N–H and O–H groups in total. The number of nitrogens with one attached hydrogen (secondary N) is 1. The van der Waals surface area contributed by atoms with Crippen LogP contribution >= 0.6 is 11.3 Å². The van der Waals surface area contributed by atoms with E-state index >= 15 is 0 Å². The molecule has 16 heavy (non-hydrogen) atoms. The average Bonchev–Trinajstić information content (AvgIpc) is 2.89. The van der Waals surface area contributed by atoms with Gasteiger partial charge in [-0.3, -0.25) is 4.68 Å². The van der Waals surface area contributed by atoms with Crippen molar-refractivity contribution in [3.63, 3.8) is 0 Å². The Bertz CT molecular complexity index is 424. The summed E-state index contributed by atoms with van der Waals surface area (Å²) in [5, 5.41) is 21.2. The number of hydrogen-bond acceptors (Lipinski definition) is 4. The lowest BCUT2D eigenvalue weighted by molar-refractivity contribution is 0.174. The minimum absolute atomic E-state index is 0.493. The molecule has 0 radical (unpaired) electrons. The fourth-order valence-corrected chi connectivity index (χ4v) is 2.15. The third kappa shape index (κ3) is 2.91. The molecule has 0 amide bonds. The zero-order valence-corrected chi connectivity index (χ0v) is 9.94. The van der Waals surface area contributed by atoms with Crippen LogP contribution in [0.5, 0.6) is 0 Å². The monoisotopic (exact) mass is 237 g/mol. The van der Waals surface area contributed by atoms with Gasteiger partial charge >= 0.3 is 0 Å². The van der Waals surface area contributed by atoms with E-state index in [0.717, 1.165) is 12.1 Å². The third-order valence-corrected chi connectivity index (χ3v) is 3.09. The molecule has 0 aliphatic carbocycles. The fraction of sp³-hybridized carbons (Fsp3) is 0.364. The number of thiophene rings is 1. The zero-order valence-electron chi connectivity index (χ0n) is 9.13. The van der Waals surface area contributed by atoms with Crippen LogP contribution in [0.3, 0.4) is 0 Å². The van der Waals surface area contributed by atoms with Crippen LogP contribution in [-0.4, -0.2) is 21.4 Å². The highest BCUT2D eigenvalue weighted by Gasteiger charge is 2.08. The van der Waals surface area contributed by atoms with E-state index < -0.39 is 6.10 Å². The molecule has 86 valence electrons. The van der Waals surface area contributed by atoms with Crippen LogP contribution < -0.4 is 5.32 Å². The van der Waals surface area contributed by atoms with Crippen molar-refractivity contribution in [2.45, 2.75) is 12.6 Å². The summed E-state index contributed by atoms with van der Waals surface area (Å²) in [5.74, 6) is 0. The van der Waals surface area contributed by atoms with Crippen LogP contribution in [-0.2, 0) is 13.6 Å². The number of hydrogen-bond donors (Lipinski definition) is 2. The first-order valence-electron chi connectivity index (χ1n) is 5.14. The summed E-state index contributed by atoms with van der Waals surface area (Å²) in [5.41, 5.74) is 2.10. The van der Waals surface area contributed by atoms with Crippen molar-refractivity contribution in [3.05, 3.63) is 40.3 Å². The van der Waals surface area contributed by atoms with Gasteiger partial charge in [-0.2, -0.15) is 16.4 Å². The molecule has 0 saturated heterocycles. The second kappa shape index (κ2) is 5.25. The maximum Gasteiger partial charge on any atom is 0.0944 e. The van der Waals surface area contributed by atoms with Crippen LogP contribution in [0.2, 0.25) is 0 Å². The molecular weight excluding hydrogens is 222 g/mol. The van der Waals surface area contributed by atoms with Gasteiger partial charge in [-0.15, -0.1) is 0 Å². The highest BCUT2D eigenvalue weighted by molar-refractivity contribution is 7.07. The predicted molar refractivity (Wildman–Crippen MR) is 64.2 cm³/mol. The van der Waals surface area contributed by atoms with Crippen LogP contribution in [0, 0.1) is 0 Å². The van der Waals surface area contributed by atoms with E-state index in [4.69, 9.17) is 0 Å². The molecular formula is C11H15N3OS. The fourth-order valence-electron chi connectivity index (χ4n) is 1.48. The Labute approximate surface area is 98.5 Å². The molecule has 0 saturated carbocycles. The van der Waals surface area contributed by atoms with Gasteiger partial charge in [0.25, 0.3) is 0 Å². The van der Waals surface area contributed by atoms with E-state index in [1.54, 1.807) is 22.2 Å². The van der Waals surface area contributed by atoms with Crippen molar-refractivity contribution >= 4 is 11.3 Å². The Balaban J connectivity index is 1.78. The first kappa shape index (κ1) is 11.3. The normalized spacial score (nSPS) is 12.9. The number of aryl methyl sites for hydroxylation is 1. The van der Waals surface area contributed by atoms with Crippen molar-refractivity contribution in [1.29, 1.82) is 0 Å². The van der Waals surface area contributed by atoms with Crippen molar-refractivity contribution in [2.24, 2.45) is 7.05 Å². The molecule has 5 heteroatoms. The van der Waals surface area contributed by atoms with E-state index in [1.807, 2.05) is 13.2 Å². The molecule has 2 rings (SSSR count). The minimum atomic E-state index is -0.493. The summed E-state index contributed by atoms with van der Waals surface area (Å²) in [6.45, 7) is 1.34. The largest absolute Gasteiger partial charge is 0.387 e. The van der Waals surface area contributed by atoms with Crippen LogP contribution in [0.15, 0.2) is 29.2 Å². The first-order chi connectivity index (χ1) is 7.75. The molecule has 0 spiro atoms. The van der Waals surface area contributed by atoms with Crippen molar-refractivity contribution < 1.29 is 5.11 Å². The molecule has 0 aliphatic heterocycles. The lowest BCUT2D eigenvalue weighted by atomic mass is 10.2. The number of aromatic nitrogens is 2. The van der Waals surface area contributed by atoms with Crippen LogP contribution in [0.1, 0.15) is 17.2 Å². The van der Waals surface area contributed by atoms with Gasteiger partial charge in [0, 0.05) is 31.9 Å². The summed E-state index contributed by atoms with van der Waals surface area (Å²) in [4.78, 5) is 0. The van der Waals surface area contributed by atoms with E-state index in [1.165, 1.54) is 5.56 Å². The number of aliphatic hydroxyl groups is 1. The highest BCUT2D eigenvalue weighted by atomic mass is 32.1. The van der Waals surface area contributed by atoms with Crippen LogP contribution in [0.4, 0.5) is 0 Å². The Kier molecular flexibility index (Phi) is 3.71. The van der Waals surface area contributed by atoms with Gasteiger partial charge < -0.3 is 10.4 Å². The van der Waals surface area contributed by atoms with Gasteiger partial charge in [0.1, 0.15) is 0 Å². The minimum Gasteiger partial charge on any atom is -0.387 e. The molecule has 2 heterocycles. The number of rotatable bonds is 5. The molecule has 2 aromatic rings. The number of nitrogens with zero attached hydrogens (tertiary/aromatic N) is 2. The maximum absolute atomic E-state index is 9.85. The highest BCUT2D eigenvalue weighted by Crippen LogP contribution is 2.10. The van der Waals surface area contributed by atoms with E-state index in [2.05, 4.69) is 27.2 Å². The van der Waals surface area contributed by atoms with Gasteiger partial charge in [-0.05, 0) is 22.4 Å². The molecule has 0 aliphatic rings. The summed E-state index contributed by atoms with van der Waals surface area (Å²) in [7, 11) is 1.84. The van der Waals surface area contributed by atoms with Gasteiger partial charge in [0.2, 0.25) is 0 Å². The number of aliphatic hydroxyl groups excluding tert-OH is 1. The van der Waals surface area contributed by atoms with Gasteiger partial charge in [-0.25, -0.2) is 0 Å². The van der Waals surface area contributed by atoms with Gasteiger partial charge in [0.05, 0.1) is 12.3 Å². The van der Waals surface area contributed by atoms with E-state index in [-0.39, 0.29) is 0 Å². The van der Waals surface area contributed by atoms with Crippen LogP contribution in [0.25, 0.3) is 0 Å². The second-order valence-corrected chi connectivity index (χ2v) is 4.51. The molecule has 2 aromatic heterocycles. The Morgan fingerprint density at radius 3 is 3.12 bits per heavy atom. The Hall–Kier alpha value is -1.17. The van der Waals surface area contributed by atoms with E-state index in [9.17, 15) is 5.11 Å². The molecule has 0 aromatic carbocycles. The summed E-state index contributed by atoms with van der Waals surface area (Å²) >= 11 is 1.68. The van der Waals surface area contributed by atoms with Gasteiger partial charge in [0.15, 0.2) is 0 Å². The summed E-state index contributed by atoms with van der Waals surface area (Å²) < 4.78 is 1.69. The van der Waals surface area contributed by atoms with Crippen molar-refractivity contribution in [3.8, 4) is 0 Å². The Morgan fingerprint density at radius 1 is 1.62 bits per heavy atom. The maximum atomic E-state index is 9.85. The summed E-state index contributed by atoms with van der Waals surface area (Å²) in [6.07, 6.45) is 3.03. The molecule has 0 fully saturated rings. The SMILES string of the molecule is Cn1cc(C(O)CNCc2ccsc2)cn1. The van der Waals surface area contributed by atoms with Crippen molar-refractivity contribution in [2.75, 3.05) is 6.54 Å². The molecule has 4 nitrogen and oxygen atoms in total. The summed E-state index contributed by atoms with van der Waals surface area (Å²) in [6, 6.07) is 2.08. The smallest absolute Gasteiger partial charge is 0.0944 e. The second-order valence-electron chi connectivity index (χ2n) is 3.73. The van der Waals surface area contributed by atoms with E-state index in [0.29, 0.717) is 6.54 Å². The Morgan fingerprint density at radius 2 is 2.50 bits per heavy atom. The quantitative estimate of drug-likeness (QED) is 0.824. The molecule has 1 atom stereocenters. The zero-order chi connectivity index (χ0) is 11.4. The third-order valence-electron chi connectivity index (χ3n) is 2.36. The van der Waals surface area contributed by atoms with Gasteiger partial charge in [-0.1, -0.05) is 0 Å².